The number of carbonyl (C=O) groups excluding carboxylic acids is 1. The van der Waals surface area contributed by atoms with E-state index in [1.54, 1.807) is 24.3 Å². The molecule has 3 heteroatoms. The van der Waals surface area contributed by atoms with Gasteiger partial charge in [-0.25, -0.2) is 0 Å². The molecule has 3 nitrogen and oxygen atoms in total. The van der Waals surface area contributed by atoms with Gasteiger partial charge in [0.2, 0.25) is 0 Å². The van der Waals surface area contributed by atoms with Crippen molar-refractivity contribution >= 4 is 17.1 Å². The summed E-state index contributed by atoms with van der Waals surface area (Å²) in [4.78, 5) is 21.6. The van der Waals surface area contributed by atoms with Crippen molar-refractivity contribution in [2.75, 3.05) is 0 Å². The molecule has 0 fully saturated rings. The maximum absolute atomic E-state index is 10.9. The molecule has 3 aromatic carbocycles. The van der Waals surface area contributed by atoms with Crippen molar-refractivity contribution in [1.82, 2.24) is 0 Å². The first-order valence-electron chi connectivity index (χ1n) is 6.25. The van der Waals surface area contributed by atoms with Gasteiger partial charge in [-0.05, 0) is 23.6 Å². The van der Waals surface area contributed by atoms with Gasteiger partial charge in [0.05, 0.1) is 5.56 Å². The number of hydrogen-bond donors (Lipinski definition) is 0. The molecule has 0 N–H and O–H groups in total. The number of rotatable bonds is 4. The summed E-state index contributed by atoms with van der Waals surface area (Å²) in [5.41, 5.74) is 0.452. The minimum absolute atomic E-state index is 0.399. The van der Waals surface area contributed by atoms with Crippen molar-refractivity contribution in [2.45, 2.75) is 0 Å². The molecule has 0 saturated heterocycles. The van der Waals surface area contributed by atoms with Crippen LogP contribution in [0.3, 0.4) is 0 Å². The fraction of sp³-hybridized carbons (Fsp3) is 0. The van der Waals surface area contributed by atoms with E-state index in [1.807, 2.05) is 42.5 Å². The van der Waals surface area contributed by atoms with Gasteiger partial charge in [-0.1, -0.05) is 48.5 Å². The quantitative estimate of drug-likeness (QED) is 0.405. The van der Waals surface area contributed by atoms with E-state index in [1.165, 1.54) is 0 Å². The summed E-state index contributed by atoms with van der Waals surface area (Å²) in [5, 5.41) is 2.02. The Labute approximate surface area is 116 Å². The molecule has 0 saturated carbocycles. The summed E-state index contributed by atoms with van der Waals surface area (Å²) in [6.45, 7) is 0. The van der Waals surface area contributed by atoms with Crippen LogP contribution in [0.2, 0.25) is 0 Å². The average Bonchev–Trinajstić information content (AvgIpc) is 2.53. The van der Waals surface area contributed by atoms with Crippen molar-refractivity contribution in [2.24, 2.45) is 0 Å². The Bertz CT molecular complexity index is 745. The zero-order valence-electron chi connectivity index (χ0n) is 10.7. The van der Waals surface area contributed by atoms with Crippen LogP contribution in [0.1, 0.15) is 10.4 Å². The van der Waals surface area contributed by atoms with Crippen LogP contribution in [-0.4, -0.2) is 6.29 Å². The van der Waals surface area contributed by atoms with E-state index in [0.29, 0.717) is 17.1 Å². The van der Waals surface area contributed by atoms with Crippen molar-refractivity contribution < 1.29 is 14.6 Å². The third kappa shape index (κ3) is 2.34. The highest BCUT2D eigenvalue weighted by Crippen LogP contribution is 2.26. The predicted octanol–water partition coefficient (Wildman–Crippen LogP) is 4.03. The topological polar surface area (TPSA) is 35.5 Å². The number of hydrogen-bond acceptors (Lipinski definition) is 3. The molecule has 0 amide bonds. The number of aldehydes is 1. The summed E-state index contributed by atoms with van der Waals surface area (Å²) in [6.07, 6.45) is 0.738. The van der Waals surface area contributed by atoms with E-state index >= 15 is 0 Å². The van der Waals surface area contributed by atoms with Gasteiger partial charge in [-0.15, -0.1) is 0 Å². The SMILES string of the molecule is O=Cc1ccccc1OOc1cccc2ccccc12. The molecular formula is C17H12O3. The van der Waals surface area contributed by atoms with E-state index in [4.69, 9.17) is 9.78 Å². The molecule has 3 aromatic rings. The van der Waals surface area contributed by atoms with Gasteiger partial charge in [0.15, 0.2) is 17.8 Å². The maximum atomic E-state index is 10.9. The Kier molecular flexibility index (Phi) is 3.33. The molecule has 3 rings (SSSR count). The third-order valence-corrected chi connectivity index (χ3v) is 3.02. The molecule has 0 unspecified atom stereocenters. The minimum atomic E-state index is 0.399. The van der Waals surface area contributed by atoms with Gasteiger partial charge in [0.1, 0.15) is 0 Å². The Morgan fingerprint density at radius 3 is 2.25 bits per heavy atom. The summed E-state index contributed by atoms with van der Waals surface area (Å²) in [5.74, 6) is 1.01. The Hall–Kier alpha value is -2.81. The van der Waals surface area contributed by atoms with Gasteiger partial charge in [0, 0.05) is 5.39 Å². The molecule has 0 aliphatic heterocycles. The van der Waals surface area contributed by atoms with Crippen LogP contribution >= 0.6 is 0 Å². The van der Waals surface area contributed by atoms with E-state index in [2.05, 4.69) is 0 Å². The lowest BCUT2D eigenvalue weighted by atomic mass is 10.1. The zero-order valence-corrected chi connectivity index (χ0v) is 10.7. The molecule has 0 aliphatic carbocycles. The highest BCUT2D eigenvalue weighted by Gasteiger charge is 2.06. The molecule has 0 spiro atoms. The van der Waals surface area contributed by atoms with Crippen molar-refractivity contribution in [3.8, 4) is 11.5 Å². The number of fused-ring (bicyclic) bond motifs is 1. The highest BCUT2D eigenvalue weighted by molar-refractivity contribution is 5.88. The van der Waals surface area contributed by atoms with Crippen LogP contribution < -0.4 is 9.78 Å². The highest BCUT2D eigenvalue weighted by atomic mass is 17.2. The molecule has 0 atom stereocenters. The molecular weight excluding hydrogens is 252 g/mol. The monoisotopic (exact) mass is 264 g/mol. The molecule has 0 bridgehead atoms. The average molecular weight is 264 g/mol. The van der Waals surface area contributed by atoms with E-state index < -0.39 is 0 Å². The molecule has 98 valence electrons. The number of carbonyl (C=O) groups is 1. The smallest absolute Gasteiger partial charge is 0.189 e. The van der Waals surface area contributed by atoms with Gasteiger partial charge >= 0.3 is 0 Å². The molecule has 0 aliphatic rings. The second-order valence-corrected chi connectivity index (χ2v) is 4.30. The summed E-state index contributed by atoms with van der Waals surface area (Å²) in [7, 11) is 0. The number of para-hydroxylation sites is 1. The second kappa shape index (κ2) is 5.45. The fourth-order valence-electron chi connectivity index (χ4n) is 2.01. The van der Waals surface area contributed by atoms with Crippen molar-refractivity contribution in [3.05, 3.63) is 72.3 Å². The van der Waals surface area contributed by atoms with E-state index in [9.17, 15) is 4.79 Å². The molecule has 20 heavy (non-hydrogen) atoms. The molecule has 0 heterocycles. The standard InChI is InChI=1S/C17H12O3/c18-12-14-7-2-4-10-16(14)19-20-17-11-5-8-13-6-1-3-9-15(13)17/h1-12H. The third-order valence-electron chi connectivity index (χ3n) is 3.02. The van der Waals surface area contributed by atoms with Gasteiger partial charge < -0.3 is 0 Å². The first kappa shape index (κ1) is 12.2. The Balaban J connectivity index is 1.89. The minimum Gasteiger partial charge on any atom is -0.298 e. The maximum Gasteiger partial charge on any atom is 0.189 e. The van der Waals surface area contributed by atoms with Gasteiger partial charge in [-0.3, -0.25) is 14.6 Å². The Morgan fingerprint density at radius 2 is 1.35 bits per heavy atom. The van der Waals surface area contributed by atoms with E-state index in [0.717, 1.165) is 17.1 Å². The number of benzene rings is 3. The summed E-state index contributed by atoms with van der Waals surface area (Å²) in [6, 6.07) is 20.5. The van der Waals surface area contributed by atoms with Crippen LogP contribution in [0.25, 0.3) is 10.8 Å². The largest absolute Gasteiger partial charge is 0.298 e. The van der Waals surface area contributed by atoms with Crippen molar-refractivity contribution in [3.63, 3.8) is 0 Å². The lowest BCUT2D eigenvalue weighted by Crippen LogP contribution is -2.03. The first-order chi connectivity index (χ1) is 9.88. The van der Waals surface area contributed by atoms with Gasteiger partial charge in [0.25, 0.3) is 0 Å². The lowest BCUT2D eigenvalue weighted by molar-refractivity contribution is -0.0987. The van der Waals surface area contributed by atoms with Crippen molar-refractivity contribution in [1.29, 1.82) is 0 Å². The van der Waals surface area contributed by atoms with E-state index in [-0.39, 0.29) is 0 Å². The Morgan fingerprint density at radius 1 is 0.700 bits per heavy atom. The summed E-state index contributed by atoms with van der Waals surface area (Å²) < 4.78 is 0. The van der Waals surface area contributed by atoms with Crippen LogP contribution in [-0.2, 0) is 0 Å². The predicted molar refractivity (Wildman–Crippen MR) is 77.0 cm³/mol. The van der Waals surface area contributed by atoms with Crippen LogP contribution in [0, 0.1) is 0 Å². The molecule has 0 radical (unpaired) electrons. The zero-order chi connectivity index (χ0) is 13.8. The first-order valence-corrected chi connectivity index (χ1v) is 6.25. The van der Waals surface area contributed by atoms with Crippen LogP contribution in [0.15, 0.2) is 66.7 Å². The normalized spacial score (nSPS) is 10.2. The second-order valence-electron chi connectivity index (χ2n) is 4.30. The van der Waals surface area contributed by atoms with Gasteiger partial charge in [-0.2, -0.15) is 0 Å². The summed E-state index contributed by atoms with van der Waals surface area (Å²) >= 11 is 0. The van der Waals surface area contributed by atoms with Crippen LogP contribution in [0.5, 0.6) is 11.5 Å². The molecule has 0 aromatic heterocycles. The fourth-order valence-corrected chi connectivity index (χ4v) is 2.01. The van der Waals surface area contributed by atoms with Crippen LogP contribution in [0.4, 0.5) is 0 Å². The lowest BCUT2D eigenvalue weighted by Gasteiger charge is -2.09.